The van der Waals surface area contributed by atoms with Crippen molar-refractivity contribution in [3.8, 4) is 11.5 Å². The van der Waals surface area contributed by atoms with Crippen molar-refractivity contribution in [3.05, 3.63) is 40.8 Å². The van der Waals surface area contributed by atoms with E-state index in [4.69, 9.17) is 9.26 Å². The number of nitrogens with zero attached hydrogens (tertiary/aromatic N) is 2. The molecule has 0 aliphatic rings. The second kappa shape index (κ2) is 11.2. The lowest BCUT2D eigenvalue weighted by atomic mass is 10.1. The fraction of sp³-hybridized carbons (Fsp3) is 0.500. The molecule has 0 fully saturated rings. The SMILES string of the molecule is CCOc1cccc(CNC(=NC)NCCCc2c(C)noc2C)c1OC(F)F. The zero-order chi connectivity index (χ0) is 21.2. The highest BCUT2D eigenvalue weighted by atomic mass is 19.3. The summed E-state index contributed by atoms with van der Waals surface area (Å²) in [6.45, 7) is 3.97. The van der Waals surface area contributed by atoms with Gasteiger partial charge in [0, 0.05) is 31.3 Å². The topological polar surface area (TPSA) is 80.9 Å². The van der Waals surface area contributed by atoms with E-state index < -0.39 is 6.61 Å². The Labute approximate surface area is 169 Å². The number of benzene rings is 1. The quantitative estimate of drug-likeness (QED) is 0.354. The van der Waals surface area contributed by atoms with Crippen LogP contribution in [0.2, 0.25) is 0 Å². The van der Waals surface area contributed by atoms with E-state index in [1.165, 1.54) is 0 Å². The second-order valence-corrected chi connectivity index (χ2v) is 6.31. The molecule has 1 aromatic carbocycles. The van der Waals surface area contributed by atoms with Crippen LogP contribution in [0.25, 0.3) is 0 Å². The summed E-state index contributed by atoms with van der Waals surface area (Å²) in [6.07, 6.45) is 1.71. The van der Waals surface area contributed by atoms with Crippen LogP contribution in [0.3, 0.4) is 0 Å². The number of rotatable bonds is 10. The Kier molecular flexibility index (Phi) is 8.69. The van der Waals surface area contributed by atoms with Gasteiger partial charge in [0.1, 0.15) is 5.76 Å². The van der Waals surface area contributed by atoms with Crippen LogP contribution in [-0.4, -0.2) is 37.9 Å². The molecule has 2 rings (SSSR count). The van der Waals surface area contributed by atoms with Crippen molar-refractivity contribution in [2.45, 2.75) is 46.8 Å². The second-order valence-electron chi connectivity index (χ2n) is 6.31. The Morgan fingerprint density at radius 2 is 2.07 bits per heavy atom. The molecular weight excluding hydrogens is 382 g/mol. The van der Waals surface area contributed by atoms with Crippen LogP contribution in [0.1, 0.15) is 35.9 Å². The number of para-hydroxylation sites is 1. The molecule has 0 radical (unpaired) electrons. The van der Waals surface area contributed by atoms with E-state index >= 15 is 0 Å². The van der Waals surface area contributed by atoms with Gasteiger partial charge >= 0.3 is 6.61 Å². The molecule has 0 unspecified atom stereocenters. The molecule has 1 heterocycles. The van der Waals surface area contributed by atoms with Crippen LogP contribution < -0.4 is 20.1 Å². The largest absolute Gasteiger partial charge is 0.490 e. The van der Waals surface area contributed by atoms with Crippen LogP contribution in [-0.2, 0) is 13.0 Å². The number of guanidine groups is 1. The zero-order valence-corrected chi connectivity index (χ0v) is 17.2. The molecule has 0 aliphatic heterocycles. The molecule has 0 aliphatic carbocycles. The molecule has 0 saturated carbocycles. The standard InChI is InChI=1S/C20H28F2N4O3/c1-5-27-17-10-6-8-15(18(17)28-19(21)22)12-25-20(23-4)24-11-7-9-16-13(2)26-29-14(16)3/h6,8,10,19H,5,7,9,11-12H2,1-4H3,(H2,23,24,25). The summed E-state index contributed by atoms with van der Waals surface area (Å²) in [5.74, 6) is 1.72. The van der Waals surface area contributed by atoms with E-state index in [-0.39, 0.29) is 18.0 Å². The van der Waals surface area contributed by atoms with Gasteiger partial charge in [0.2, 0.25) is 0 Å². The molecule has 0 spiro atoms. The van der Waals surface area contributed by atoms with Gasteiger partial charge in [0.05, 0.1) is 12.3 Å². The van der Waals surface area contributed by atoms with Crippen molar-refractivity contribution in [2.24, 2.45) is 4.99 Å². The van der Waals surface area contributed by atoms with Gasteiger partial charge in [-0.15, -0.1) is 0 Å². The molecule has 7 nitrogen and oxygen atoms in total. The summed E-state index contributed by atoms with van der Waals surface area (Å²) in [4.78, 5) is 4.17. The summed E-state index contributed by atoms with van der Waals surface area (Å²) in [7, 11) is 1.65. The lowest BCUT2D eigenvalue weighted by Crippen LogP contribution is -2.37. The highest BCUT2D eigenvalue weighted by molar-refractivity contribution is 5.79. The molecule has 2 aromatic rings. The highest BCUT2D eigenvalue weighted by Crippen LogP contribution is 2.32. The van der Waals surface area contributed by atoms with Crippen molar-refractivity contribution >= 4 is 5.96 Å². The number of aryl methyl sites for hydroxylation is 2. The first-order valence-electron chi connectivity index (χ1n) is 9.52. The number of aromatic nitrogens is 1. The number of aliphatic imine (C=N–C) groups is 1. The van der Waals surface area contributed by atoms with Crippen molar-refractivity contribution in [2.75, 3.05) is 20.2 Å². The summed E-state index contributed by atoms with van der Waals surface area (Å²) in [6, 6.07) is 5.05. The number of hydrogen-bond donors (Lipinski definition) is 2. The fourth-order valence-electron chi connectivity index (χ4n) is 2.92. The molecule has 2 N–H and O–H groups in total. The Balaban J connectivity index is 1.91. The van der Waals surface area contributed by atoms with Gasteiger partial charge < -0.3 is 24.6 Å². The van der Waals surface area contributed by atoms with Crippen molar-refractivity contribution in [1.82, 2.24) is 15.8 Å². The minimum absolute atomic E-state index is 0.0331. The van der Waals surface area contributed by atoms with E-state index in [0.717, 1.165) is 29.9 Å². The van der Waals surface area contributed by atoms with E-state index in [2.05, 4.69) is 25.5 Å². The molecule has 0 amide bonds. The van der Waals surface area contributed by atoms with E-state index in [0.29, 0.717) is 24.7 Å². The van der Waals surface area contributed by atoms with Gasteiger partial charge in [-0.25, -0.2) is 0 Å². The van der Waals surface area contributed by atoms with Crippen LogP contribution in [0.15, 0.2) is 27.7 Å². The fourth-order valence-corrected chi connectivity index (χ4v) is 2.92. The van der Waals surface area contributed by atoms with Gasteiger partial charge in [0.15, 0.2) is 17.5 Å². The molecule has 0 bridgehead atoms. The predicted octanol–water partition coefficient (Wildman–Crippen LogP) is 3.59. The number of halogens is 2. The number of ether oxygens (including phenoxy) is 2. The minimum atomic E-state index is -2.93. The highest BCUT2D eigenvalue weighted by Gasteiger charge is 2.16. The minimum Gasteiger partial charge on any atom is -0.490 e. The molecule has 0 atom stereocenters. The van der Waals surface area contributed by atoms with Gasteiger partial charge in [0.25, 0.3) is 0 Å². The Bertz CT molecular complexity index is 790. The predicted molar refractivity (Wildman–Crippen MR) is 107 cm³/mol. The molecule has 29 heavy (non-hydrogen) atoms. The number of hydrogen-bond acceptors (Lipinski definition) is 5. The maximum absolute atomic E-state index is 12.8. The first-order valence-corrected chi connectivity index (χ1v) is 9.52. The monoisotopic (exact) mass is 410 g/mol. The summed E-state index contributed by atoms with van der Waals surface area (Å²) >= 11 is 0. The maximum atomic E-state index is 12.8. The average Bonchev–Trinajstić information content (AvgIpc) is 3.01. The number of nitrogens with one attached hydrogen (secondary N) is 2. The summed E-state index contributed by atoms with van der Waals surface area (Å²) < 4.78 is 40.9. The molecule has 160 valence electrons. The Morgan fingerprint density at radius 3 is 2.69 bits per heavy atom. The van der Waals surface area contributed by atoms with E-state index in [1.807, 2.05) is 13.8 Å². The first-order chi connectivity index (χ1) is 14.0. The Hall–Kier alpha value is -2.84. The third-order valence-electron chi connectivity index (χ3n) is 4.31. The van der Waals surface area contributed by atoms with Crippen LogP contribution >= 0.6 is 0 Å². The van der Waals surface area contributed by atoms with Crippen LogP contribution in [0, 0.1) is 13.8 Å². The van der Waals surface area contributed by atoms with Crippen molar-refractivity contribution in [1.29, 1.82) is 0 Å². The van der Waals surface area contributed by atoms with Gasteiger partial charge in [-0.2, -0.15) is 8.78 Å². The molecular formula is C20H28F2N4O3. The zero-order valence-electron chi connectivity index (χ0n) is 17.2. The molecule has 0 saturated heterocycles. The maximum Gasteiger partial charge on any atom is 0.387 e. The normalized spacial score (nSPS) is 11.6. The smallest absolute Gasteiger partial charge is 0.387 e. The van der Waals surface area contributed by atoms with Gasteiger partial charge in [-0.1, -0.05) is 17.3 Å². The first kappa shape index (κ1) is 22.4. The third-order valence-corrected chi connectivity index (χ3v) is 4.31. The van der Waals surface area contributed by atoms with E-state index in [9.17, 15) is 8.78 Å². The summed E-state index contributed by atoms with van der Waals surface area (Å²) in [5.41, 5.74) is 2.58. The third kappa shape index (κ3) is 6.62. The lowest BCUT2D eigenvalue weighted by Gasteiger charge is -2.17. The molecule has 9 heteroatoms. The van der Waals surface area contributed by atoms with Gasteiger partial charge in [-0.3, -0.25) is 4.99 Å². The van der Waals surface area contributed by atoms with E-state index in [1.54, 1.807) is 32.2 Å². The van der Waals surface area contributed by atoms with Crippen LogP contribution in [0.5, 0.6) is 11.5 Å². The number of alkyl halides is 2. The lowest BCUT2D eigenvalue weighted by molar-refractivity contribution is -0.0520. The molecule has 1 aromatic heterocycles. The Morgan fingerprint density at radius 1 is 1.28 bits per heavy atom. The van der Waals surface area contributed by atoms with Crippen molar-refractivity contribution < 1.29 is 22.8 Å². The average molecular weight is 410 g/mol. The van der Waals surface area contributed by atoms with Crippen LogP contribution in [0.4, 0.5) is 8.78 Å². The van der Waals surface area contributed by atoms with Crippen molar-refractivity contribution in [3.63, 3.8) is 0 Å². The summed E-state index contributed by atoms with van der Waals surface area (Å²) in [5, 5.41) is 10.3. The van der Waals surface area contributed by atoms with Gasteiger partial charge in [-0.05, 0) is 39.7 Å².